The molecule has 0 saturated carbocycles. The maximum atomic E-state index is 13.1. The number of H-pyrrole nitrogens is 1. The van der Waals surface area contributed by atoms with Crippen molar-refractivity contribution in [3.8, 4) is 0 Å². The number of rotatable bonds is 6. The third-order valence-corrected chi connectivity index (χ3v) is 3.07. The Kier molecular flexibility index (Phi) is 4.37. The second-order valence-electron chi connectivity index (χ2n) is 4.90. The van der Waals surface area contributed by atoms with Gasteiger partial charge in [0.25, 0.3) is 0 Å². The first kappa shape index (κ1) is 13.8. The number of halogens is 1. The van der Waals surface area contributed by atoms with E-state index < -0.39 is 0 Å². The fourth-order valence-electron chi connectivity index (χ4n) is 1.87. The summed E-state index contributed by atoms with van der Waals surface area (Å²) in [5.41, 5.74) is 1.45. The number of nitrogens with zero attached hydrogens (tertiary/aromatic N) is 1. The number of anilines is 1. The minimum absolute atomic E-state index is 0.172. The molecule has 4 nitrogen and oxygen atoms in total. The Bertz CT molecular complexity index is 538. The first-order valence-electron chi connectivity index (χ1n) is 6.59. The summed E-state index contributed by atoms with van der Waals surface area (Å²) in [7, 11) is 0. The van der Waals surface area contributed by atoms with Gasteiger partial charge in [0.15, 0.2) is 0 Å². The molecule has 0 amide bonds. The Morgan fingerprint density at radius 2 is 2.21 bits per heavy atom. The fraction of sp³-hybridized carbons (Fsp3) is 0.500. The molecule has 0 saturated heterocycles. The molecule has 0 aliphatic rings. The van der Waals surface area contributed by atoms with Crippen LogP contribution in [0.2, 0.25) is 0 Å². The molecule has 19 heavy (non-hydrogen) atoms. The van der Waals surface area contributed by atoms with Gasteiger partial charge in [-0.2, -0.15) is 0 Å². The molecule has 1 aromatic carbocycles. The summed E-state index contributed by atoms with van der Waals surface area (Å²) in [5.74, 6) is 0.799. The lowest BCUT2D eigenvalue weighted by atomic mass is 10.1. The molecule has 1 unspecified atom stereocenters. The fourth-order valence-corrected chi connectivity index (χ4v) is 1.87. The van der Waals surface area contributed by atoms with Gasteiger partial charge in [0.2, 0.25) is 5.95 Å². The van der Waals surface area contributed by atoms with Crippen LogP contribution in [0.25, 0.3) is 11.0 Å². The van der Waals surface area contributed by atoms with Crippen molar-refractivity contribution in [3.63, 3.8) is 0 Å². The van der Waals surface area contributed by atoms with E-state index in [2.05, 4.69) is 29.1 Å². The summed E-state index contributed by atoms with van der Waals surface area (Å²) in [6, 6.07) is 4.69. The number of aromatic nitrogens is 2. The molecule has 0 bridgehead atoms. The van der Waals surface area contributed by atoms with Crippen LogP contribution in [0.1, 0.15) is 20.8 Å². The van der Waals surface area contributed by atoms with Crippen LogP contribution in [0.4, 0.5) is 10.3 Å². The smallest absolute Gasteiger partial charge is 0.201 e. The van der Waals surface area contributed by atoms with Crippen LogP contribution >= 0.6 is 0 Å². The minimum Gasteiger partial charge on any atom is -0.380 e. The Morgan fingerprint density at radius 1 is 1.42 bits per heavy atom. The highest BCUT2D eigenvalue weighted by molar-refractivity contribution is 5.77. The van der Waals surface area contributed by atoms with Gasteiger partial charge in [-0.15, -0.1) is 0 Å². The molecule has 2 aromatic rings. The van der Waals surface area contributed by atoms with Crippen LogP contribution < -0.4 is 5.32 Å². The van der Waals surface area contributed by atoms with Crippen molar-refractivity contribution < 1.29 is 9.13 Å². The van der Waals surface area contributed by atoms with Crippen LogP contribution in [0.15, 0.2) is 18.2 Å². The number of hydrogen-bond acceptors (Lipinski definition) is 3. The van der Waals surface area contributed by atoms with Crippen molar-refractivity contribution in [2.75, 3.05) is 18.5 Å². The van der Waals surface area contributed by atoms with Gasteiger partial charge >= 0.3 is 0 Å². The molecule has 0 aliphatic heterocycles. The molecule has 0 fully saturated rings. The Hall–Kier alpha value is -1.62. The monoisotopic (exact) mass is 265 g/mol. The highest BCUT2D eigenvalue weighted by atomic mass is 19.1. The summed E-state index contributed by atoms with van der Waals surface area (Å²) in [6.45, 7) is 7.54. The van der Waals surface area contributed by atoms with Crippen LogP contribution in [0, 0.1) is 11.7 Å². The normalized spacial score (nSPS) is 13.1. The summed E-state index contributed by atoms with van der Waals surface area (Å²) in [4.78, 5) is 7.48. The molecule has 104 valence electrons. The van der Waals surface area contributed by atoms with Crippen molar-refractivity contribution in [2.24, 2.45) is 5.92 Å². The summed E-state index contributed by atoms with van der Waals surface area (Å²) < 4.78 is 18.6. The zero-order valence-electron chi connectivity index (χ0n) is 11.5. The molecule has 2 rings (SSSR count). The molecule has 1 aromatic heterocycles. The number of fused-ring (bicyclic) bond motifs is 1. The number of nitrogens with one attached hydrogen (secondary N) is 2. The number of aromatic amines is 1. The SMILES string of the molecule is CCOCC(Nc1nc2ccc(F)cc2[nH]1)C(C)C. The second-order valence-corrected chi connectivity index (χ2v) is 4.90. The van der Waals surface area contributed by atoms with Crippen LogP contribution in [-0.2, 0) is 4.74 Å². The summed E-state index contributed by atoms with van der Waals surface area (Å²) in [5, 5.41) is 3.31. The predicted octanol–water partition coefficient (Wildman–Crippen LogP) is 3.18. The molecule has 2 N–H and O–H groups in total. The van der Waals surface area contributed by atoms with Gasteiger partial charge in [-0.25, -0.2) is 9.37 Å². The van der Waals surface area contributed by atoms with E-state index in [9.17, 15) is 4.39 Å². The molecular weight excluding hydrogens is 245 g/mol. The molecular formula is C14H20FN3O. The van der Waals surface area contributed by atoms with E-state index in [1.807, 2.05) is 6.92 Å². The summed E-state index contributed by atoms with van der Waals surface area (Å²) in [6.07, 6.45) is 0. The highest BCUT2D eigenvalue weighted by Gasteiger charge is 2.15. The van der Waals surface area contributed by atoms with E-state index in [1.165, 1.54) is 12.1 Å². The van der Waals surface area contributed by atoms with Gasteiger partial charge < -0.3 is 15.0 Å². The van der Waals surface area contributed by atoms with Crippen molar-refractivity contribution in [2.45, 2.75) is 26.8 Å². The average molecular weight is 265 g/mol. The largest absolute Gasteiger partial charge is 0.380 e. The quantitative estimate of drug-likeness (QED) is 0.843. The van der Waals surface area contributed by atoms with Gasteiger partial charge in [0.05, 0.1) is 23.7 Å². The van der Waals surface area contributed by atoms with E-state index in [4.69, 9.17) is 4.74 Å². The molecule has 0 spiro atoms. The van der Waals surface area contributed by atoms with Gasteiger partial charge in [0.1, 0.15) is 5.82 Å². The number of hydrogen-bond donors (Lipinski definition) is 2. The topological polar surface area (TPSA) is 49.9 Å². The van der Waals surface area contributed by atoms with E-state index in [1.54, 1.807) is 6.07 Å². The van der Waals surface area contributed by atoms with E-state index in [0.717, 1.165) is 5.52 Å². The standard InChI is InChI=1S/C14H20FN3O/c1-4-19-8-13(9(2)3)18-14-16-11-6-5-10(15)7-12(11)17-14/h5-7,9,13H,4,8H2,1-3H3,(H2,16,17,18). The Labute approximate surface area is 112 Å². The Morgan fingerprint density at radius 3 is 2.89 bits per heavy atom. The lowest BCUT2D eigenvalue weighted by Crippen LogP contribution is -2.31. The molecule has 1 heterocycles. The number of ether oxygens (including phenoxy) is 1. The zero-order chi connectivity index (χ0) is 13.8. The van der Waals surface area contributed by atoms with Gasteiger partial charge in [0, 0.05) is 6.61 Å². The first-order valence-corrected chi connectivity index (χ1v) is 6.59. The van der Waals surface area contributed by atoms with Gasteiger partial charge in [-0.3, -0.25) is 0 Å². The maximum absolute atomic E-state index is 13.1. The molecule has 5 heteroatoms. The average Bonchev–Trinajstić information content (AvgIpc) is 2.75. The van der Waals surface area contributed by atoms with Crippen molar-refractivity contribution in [3.05, 3.63) is 24.0 Å². The number of imidazole rings is 1. The zero-order valence-corrected chi connectivity index (χ0v) is 11.5. The summed E-state index contributed by atoms with van der Waals surface area (Å²) >= 11 is 0. The minimum atomic E-state index is -0.266. The second kappa shape index (κ2) is 6.02. The Balaban J connectivity index is 2.14. The van der Waals surface area contributed by atoms with E-state index in [-0.39, 0.29) is 11.9 Å². The molecule has 0 aliphatic carbocycles. The van der Waals surface area contributed by atoms with Gasteiger partial charge in [-0.1, -0.05) is 13.8 Å². The van der Waals surface area contributed by atoms with Crippen LogP contribution in [0.3, 0.4) is 0 Å². The first-order chi connectivity index (χ1) is 9.10. The predicted molar refractivity (Wildman–Crippen MR) is 74.8 cm³/mol. The lowest BCUT2D eigenvalue weighted by molar-refractivity contribution is 0.126. The highest BCUT2D eigenvalue weighted by Crippen LogP contribution is 2.17. The van der Waals surface area contributed by atoms with Crippen molar-refractivity contribution in [1.82, 2.24) is 9.97 Å². The van der Waals surface area contributed by atoms with E-state index in [0.29, 0.717) is 30.6 Å². The van der Waals surface area contributed by atoms with Crippen LogP contribution in [0.5, 0.6) is 0 Å². The van der Waals surface area contributed by atoms with Crippen LogP contribution in [-0.4, -0.2) is 29.2 Å². The third-order valence-electron chi connectivity index (χ3n) is 3.07. The lowest BCUT2D eigenvalue weighted by Gasteiger charge is -2.21. The van der Waals surface area contributed by atoms with E-state index >= 15 is 0 Å². The van der Waals surface area contributed by atoms with Crippen molar-refractivity contribution in [1.29, 1.82) is 0 Å². The molecule has 0 radical (unpaired) electrons. The third kappa shape index (κ3) is 3.44. The van der Waals surface area contributed by atoms with Gasteiger partial charge in [-0.05, 0) is 31.0 Å². The maximum Gasteiger partial charge on any atom is 0.201 e. The number of benzene rings is 1. The molecule has 1 atom stereocenters. The van der Waals surface area contributed by atoms with Crippen molar-refractivity contribution >= 4 is 17.0 Å².